The molecule has 0 aliphatic heterocycles. The van der Waals surface area contributed by atoms with Gasteiger partial charge in [0, 0.05) is 0 Å². The molecule has 4 heteroatoms. The molecule has 0 saturated carbocycles. The SMILES string of the molecule is CCC(C)c1cc(C(C)(C)C)cc(-n2n3c4ccccc4n23)c1O. The number of hydrogen-bond donors (Lipinski definition) is 1. The fourth-order valence-corrected chi connectivity index (χ4v) is 3.32. The summed E-state index contributed by atoms with van der Waals surface area (Å²) < 4.78 is 4.19. The molecule has 0 saturated heterocycles. The quantitative estimate of drug-likeness (QED) is 0.569. The van der Waals surface area contributed by atoms with Crippen molar-refractivity contribution in [3.63, 3.8) is 0 Å². The van der Waals surface area contributed by atoms with Gasteiger partial charge in [0.25, 0.3) is 0 Å². The molecular weight excluding hydrogens is 298 g/mol. The number of phenolic OH excluding ortho intramolecular Hbond substituents is 1. The molecule has 1 N–H and O–H groups in total. The zero-order chi connectivity index (χ0) is 17.2. The van der Waals surface area contributed by atoms with E-state index in [4.69, 9.17) is 0 Å². The molecule has 0 spiro atoms. The molecule has 1 atom stereocenters. The normalized spacial score (nSPS) is 14.2. The molecule has 4 rings (SSSR count). The van der Waals surface area contributed by atoms with E-state index in [1.165, 1.54) is 16.6 Å². The number of para-hydroxylation sites is 2. The van der Waals surface area contributed by atoms with Crippen LogP contribution >= 0.6 is 0 Å². The average Bonchev–Trinajstić information content (AvgIpc) is 3.19. The highest BCUT2D eigenvalue weighted by Crippen LogP contribution is 2.39. The first kappa shape index (κ1) is 15.2. The second-order valence-corrected chi connectivity index (χ2v) is 7.85. The maximum absolute atomic E-state index is 10.9. The van der Waals surface area contributed by atoms with Crippen LogP contribution in [0.25, 0.3) is 16.7 Å². The van der Waals surface area contributed by atoms with Gasteiger partial charge < -0.3 is 5.11 Å². The van der Waals surface area contributed by atoms with Gasteiger partial charge >= 0.3 is 0 Å². The van der Waals surface area contributed by atoms with Gasteiger partial charge in [0.05, 0.1) is 0 Å². The molecule has 0 radical (unpaired) electrons. The van der Waals surface area contributed by atoms with Gasteiger partial charge in [0.1, 0.15) is 22.5 Å². The first-order valence-electron chi connectivity index (χ1n) is 8.71. The van der Waals surface area contributed by atoms with Gasteiger partial charge in [-0.05, 0) is 47.1 Å². The minimum Gasteiger partial charge on any atom is -0.505 e. The van der Waals surface area contributed by atoms with Crippen molar-refractivity contribution in [3.05, 3.63) is 47.5 Å². The molecule has 2 heterocycles. The number of aromatic nitrogens is 3. The second kappa shape index (κ2) is 4.82. The number of aromatic hydroxyl groups is 1. The number of phenols is 1. The van der Waals surface area contributed by atoms with Crippen LogP contribution in [0.1, 0.15) is 58.1 Å². The Bertz CT molecular complexity index is 967. The highest BCUT2D eigenvalue weighted by atomic mass is 16.3. The minimum absolute atomic E-state index is 0.0389. The third-order valence-electron chi connectivity index (χ3n) is 5.16. The molecule has 0 aliphatic carbocycles. The van der Waals surface area contributed by atoms with E-state index >= 15 is 0 Å². The van der Waals surface area contributed by atoms with Crippen molar-refractivity contribution in [2.24, 2.45) is 0 Å². The van der Waals surface area contributed by atoms with Crippen molar-refractivity contribution in [1.29, 1.82) is 0 Å². The Morgan fingerprint density at radius 3 is 2.12 bits per heavy atom. The van der Waals surface area contributed by atoms with Gasteiger partial charge in [0.15, 0.2) is 0 Å². The van der Waals surface area contributed by atoms with Crippen molar-refractivity contribution in [2.45, 2.75) is 52.4 Å². The third-order valence-corrected chi connectivity index (χ3v) is 5.16. The Morgan fingerprint density at radius 1 is 1.04 bits per heavy atom. The summed E-state index contributed by atoms with van der Waals surface area (Å²) >= 11 is 0. The maximum Gasteiger partial charge on any atom is 0.146 e. The van der Waals surface area contributed by atoms with Crippen molar-refractivity contribution in [2.75, 3.05) is 0 Å². The lowest BCUT2D eigenvalue weighted by molar-refractivity contribution is 0.456. The summed E-state index contributed by atoms with van der Waals surface area (Å²) in [5, 5.41) is 10.9. The molecule has 0 bridgehead atoms. The Hall–Kier alpha value is -2.36. The summed E-state index contributed by atoms with van der Waals surface area (Å²) in [6, 6.07) is 12.6. The zero-order valence-corrected chi connectivity index (χ0v) is 15.0. The van der Waals surface area contributed by atoms with Crippen molar-refractivity contribution >= 4 is 11.0 Å². The predicted molar refractivity (Wildman–Crippen MR) is 97.9 cm³/mol. The number of rotatable bonds is 3. The van der Waals surface area contributed by atoms with Crippen LogP contribution < -0.4 is 0 Å². The largest absolute Gasteiger partial charge is 0.505 e. The smallest absolute Gasteiger partial charge is 0.146 e. The maximum atomic E-state index is 10.9. The van der Waals surface area contributed by atoms with Crippen LogP contribution in [-0.2, 0) is 5.41 Å². The first-order valence-corrected chi connectivity index (χ1v) is 8.71. The van der Waals surface area contributed by atoms with E-state index in [1.54, 1.807) is 0 Å². The van der Waals surface area contributed by atoms with E-state index in [9.17, 15) is 5.11 Å². The molecule has 24 heavy (non-hydrogen) atoms. The van der Waals surface area contributed by atoms with E-state index in [1.807, 2.05) is 12.1 Å². The molecule has 2 aromatic carbocycles. The molecule has 1 unspecified atom stereocenters. The van der Waals surface area contributed by atoms with E-state index in [-0.39, 0.29) is 5.41 Å². The summed E-state index contributed by atoms with van der Waals surface area (Å²) in [6.45, 7) is 11.0. The van der Waals surface area contributed by atoms with Crippen molar-refractivity contribution in [3.8, 4) is 11.4 Å². The van der Waals surface area contributed by atoms with Gasteiger partial charge in [0.2, 0.25) is 0 Å². The van der Waals surface area contributed by atoms with Crippen LogP contribution in [0.3, 0.4) is 0 Å². The number of nitrogens with zero attached hydrogens (tertiary/aromatic N) is 3. The van der Waals surface area contributed by atoms with E-state index in [0.717, 1.165) is 17.7 Å². The molecule has 4 nitrogen and oxygen atoms in total. The monoisotopic (exact) mass is 323 g/mol. The van der Waals surface area contributed by atoms with Crippen LogP contribution in [0, 0.1) is 0 Å². The average molecular weight is 323 g/mol. The zero-order valence-electron chi connectivity index (χ0n) is 15.0. The number of benzene rings is 2. The Kier molecular flexibility index (Phi) is 3.05. The highest BCUT2D eigenvalue weighted by Gasteiger charge is 2.29. The number of hydrogen-bond acceptors (Lipinski definition) is 1. The lowest BCUT2D eigenvalue weighted by atomic mass is 9.83. The van der Waals surface area contributed by atoms with E-state index in [2.05, 4.69) is 72.9 Å². The summed E-state index contributed by atoms with van der Waals surface area (Å²) in [5.74, 6) is 0.730. The van der Waals surface area contributed by atoms with E-state index in [0.29, 0.717) is 11.7 Å². The molecule has 2 aromatic heterocycles. The van der Waals surface area contributed by atoms with Crippen LogP contribution in [0.2, 0.25) is 0 Å². The third kappa shape index (κ3) is 1.98. The topological polar surface area (TPSA) is 34.0 Å². The molecule has 0 amide bonds. The van der Waals surface area contributed by atoms with Crippen LogP contribution in [0.15, 0.2) is 36.4 Å². The number of fused-ring (bicyclic) bond motifs is 4. The Morgan fingerprint density at radius 2 is 1.62 bits per heavy atom. The van der Waals surface area contributed by atoms with Gasteiger partial charge in [-0.1, -0.05) is 52.8 Å². The van der Waals surface area contributed by atoms with Crippen molar-refractivity contribution in [1.82, 2.24) is 14.1 Å². The Labute approximate surface area is 142 Å². The van der Waals surface area contributed by atoms with E-state index < -0.39 is 0 Å². The first-order chi connectivity index (χ1) is 11.3. The van der Waals surface area contributed by atoms with Crippen molar-refractivity contribution < 1.29 is 5.11 Å². The minimum atomic E-state index is 0.0389. The molecule has 4 aromatic rings. The Balaban J connectivity index is 1.95. The summed E-state index contributed by atoms with van der Waals surface area (Å²) in [4.78, 5) is 2.06. The van der Waals surface area contributed by atoms with Gasteiger partial charge in [-0.15, -0.1) is 14.1 Å². The molecular formula is C20H25N3O. The molecule has 0 aliphatic rings. The summed E-state index contributed by atoms with van der Waals surface area (Å²) in [6.07, 6.45) is 1.01. The lowest BCUT2D eigenvalue weighted by Crippen LogP contribution is -2.13. The highest BCUT2D eigenvalue weighted by molar-refractivity contribution is 5.79. The van der Waals surface area contributed by atoms with Gasteiger partial charge in [-0.25, -0.2) is 0 Å². The van der Waals surface area contributed by atoms with Crippen LogP contribution in [0.5, 0.6) is 5.75 Å². The standard InChI is InChI=1S/C20H25N3O/c1-6-13(2)15-11-14(20(3,4)5)12-18(19(15)24)23-21-16-9-7-8-10-17(16)22(21)23/h7-13,24H,6H2,1-5H3. The molecule has 0 fully saturated rings. The summed E-state index contributed by atoms with van der Waals surface area (Å²) in [7, 11) is 0. The predicted octanol–water partition coefficient (Wildman–Crippen LogP) is 4.94. The lowest BCUT2D eigenvalue weighted by Gasteiger charge is -2.23. The fourth-order valence-electron chi connectivity index (χ4n) is 3.32. The van der Waals surface area contributed by atoms with Crippen LogP contribution in [-0.4, -0.2) is 19.2 Å². The fraction of sp³-hybridized carbons (Fsp3) is 0.400. The van der Waals surface area contributed by atoms with Gasteiger partial charge in [-0.2, -0.15) is 0 Å². The van der Waals surface area contributed by atoms with Crippen LogP contribution in [0.4, 0.5) is 0 Å². The molecule has 126 valence electrons. The summed E-state index contributed by atoms with van der Waals surface area (Å²) in [5.41, 5.74) is 5.57. The second-order valence-electron chi connectivity index (χ2n) is 7.85. The van der Waals surface area contributed by atoms with Gasteiger partial charge in [-0.3, -0.25) is 0 Å².